The minimum absolute atomic E-state index is 0.0570. The molecular weight excluding hydrogens is 420 g/mol. The number of furan rings is 1. The summed E-state index contributed by atoms with van der Waals surface area (Å²) in [6.45, 7) is 1.90. The van der Waals surface area contributed by atoms with Crippen LogP contribution in [0.15, 0.2) is 39.6 Å². The number of thiazole rings is 1. The van der Waals surface area contributed by atoms with Crippen LogP contribution in [-0.4, -0.2) is 61.6 Å². The largest absolute Gasteiger partial charge is 0.433 e. The molecule has 1 saturated heterocycles. The topological polar surface area (TPSA) is 127 Å². The molecule has 1 aromatic carbocycles. The molecule has 0 saturated carbocycles. The highest BCUT2D eigenvalue weighted by atomic mass is 32.2. The minimum atomic E-state index is -3.29. The van der Waals surface area contributed by atoms with Crippen LogP contribution < -0.4 is 4.90 Å². The summed E-state index contributed by atoms with van der Waals surface area (Å²) in [7, 11) is -3.29. The summed E-state index contributed by atoms with van der Waals surface area (Å²) in [6, 6.07) is 7.32. The highest BCUT2D eigenvalue weighted by molar-refractivity contribution is 7.90. The number of sulfone groups is 1. The van der Waals surface area contributed by atoms with Crippen LogP contribution in [0.1, 0.15) is 10.6 Å². The van der Waals surface area contributed by atoms with Crippen LogP contribution in [0.3, 0.4) is 0 Å². The monoisotopic (exact) mass is 436 g/mol. The predicted octanol–water partition coefficient (Wildman–Crippen LogP) is 2.16. The molecule has 1 amide bonds. The Kier molecular flexibility index (Phi) is 4.74. The Labute approximate surface area is 169 Å². The van der Waals surface area contributed by atoms with Crippen molar-refractivity contribution >= 4 is 48.3 Å². The lowest BCUT2D eigenvalue weighted by Crippen LogP contribution is -2.48. The summed E-state index contributed by atoms with van der Waals surface area (Å²) in [5, 5.41) is 11.5. The molecule has 3 aromatic rings. The van der Waals surface area contributed by atoms with Crippen molar-refractivity contribution < 1.29 is 22.6 Å². The van der Waals surface area contributed by atoms with E-state index in [1.807, 2.05) is 4.90 Å². The second kappa shape index (κ2) is 7.12. The van der Waals surface area contributed by atoms with Gasteiger partial charge in [-0.25, -0.2) is 13.4 Å². The first-order chi connectivity index (χ1) is 13.7. The smallest absolute Gasteiger partial charge is 0.395 e. The van der Waals surface area contributed by atoms with E-state index >= 15 is 0 Å². The van der Waals surface area contributed by atoms with Gasteiger partial charge in [0, 0.05) is 32.4 Å². The Morgan fingerprint density at radius 1 is 1.21 bits per heavy atom. The van der Waals surface area contributed by atoms with Gasteiger partial charge in [0.2, 0.25) is 0 Å². The van der Waals surface area contributed by atoms with Crippen molar-refractivity contribution in [3.05, 3.63) is 46.2 Å². The molecule has 10 nitrogen and oxygen atoms in total. The quantitative estimate of drug-likeness (QED) is 0.450. The van der Waals surface area contributed by atoms with Crippen LogP contribution in [0.5, 0.6) is 0 Å². The van der Waals surface area contributed by atoms with E-state index in [-0.39, 0.29) is 16.6 Å². The number of rotatable bonds is 4. The number of piperazine rings is 1. The van der Waals surface area contributed by atoms with E-state index in [0.717, 1.165) is 21.4 Å². The number of hydrogen-bond acceptors (Lipinski definition) is 9. The zero-order valence-corrected chi connectivity index (χ0v) is 16.9. The Hall–Kier alpha value is -2.99. The molecule has 152 valence electrons. The fraction of sp³-hybridized carbons (Fsp3) is 0.294. The van der Waals surface area contributed by atoms with Crippen molar-refractivity contribution in [3.8, 4) is 0 Å². The molecule has 1 fully saturated rings. The molecule has 0 atom stereocenters. The van der Waals surface area contributed by atoms with E-state index in [9.17, 15) is 23.3 Å². The van der Waals surface area contributed by atoms with Crippen molar-refractivity contribution in [3.63, 3.8) is 0 Å². The summed E-state index contributed by atoms with van der Waals surface area (Å²) < 4.78 is 29.2. The molecule has 1 aliphatic heterocycles. The van der Waals surface area contributed by atoms with Gasteiger partial charge in [-0.3, -0.25) is 14.9 Å². The number of carbonyl (C=O) groups is 1. The van der Waals surface area contributed by atoms with E-state index in [0.29, 0.717) is 26.2 Å². The second-order valence-corrected chi connectivity index (χ2v) is 9.60. The Bertz CT molecular complexity index is 1210. The third-order valence-corrected chi connectivity index (χ3v) is 6.79. The molecule has 0 unspecified atom stereocenters. The summed E-state index contributed by atoms with van der Waals surface area (Å²) >= 11 is 1.40. The molecule has 0 aliphatic carbocycles. The normalized spacial score (nSPS) is 15.1. The van der Waals surface area contributed by atoms with Crippen molar-refractivity contribution in [2.45, 2.75) is 4.90 Å². The third kappa shape index (κ3) is 3.80. The first-order valence-electron chi connectivity index (χ1n) is 8.61. The number of nitrogens with zero attached hydrogens (tertiary/aromatic N) is 4. The lowest BCUT2D eigenvalue weighted by Gasteiger charge is -2.34. The highest BCUT2D eigenvalue weighted by Gasteiger charge is 2.27. The first-order valence-corrected chi connectivity index (χ1v) is 11.3. The minimum Gasteiger partial charge on any atom is -0.395 e. The summed E-state index contributed by atoms with van der Waals surface area (Å²) in [4.78, 5) is 30.9. The van der Waals surface area contributed by atoms with Crippen LogP contribution in [0.2, 0.25) is 0 Å². The molecule has 4 rings (SSSR count). The van der Waals surface area contributed by atoms with E-state index in [4.69, 9.17) is 4.42 Å². The summed E-state index contributed by atoms with van der Waals surface area (Å²) in [6.07, 6.45) is 1.17. The molecule has 0 N–H and O–H groups in total. The van der Waals surface area contributed by atoms with Gasteiger partial charge < -0.3 is 14.2 Å². The standard InChI is InChI=1S/C17H16N4O6S2/c1-29(25,26)11-2-3-12-14(10-11)28-17(18-12)20-8-6-19(7-9-20)16(22)13-4-5-15(27-13)21(23)24/h2-5,10H,6-9H2,1H3. The molecule has 1 aliphatic rings. The average Bonchev–Trinajstić information content (AvgIpc) is 3.33. The fourth-order valence-electron chi connectivity index (χ4n) is 3.06. The number of nitro groups is 1. The Morgan fingerprint density at radius 2 is 1.93 bits per heavy atom. The van der Waals surface area contributed by atoms with Gasteiger partial charge >= 0.3 is 5.88 Å². The van der Waals surface area contributed by atoms with Crippen molar-refractivity contribution in [1.29, 1.82) is 0 Å². The SMILES string of the molecule is CS(=O)(=O)c1ccc2nc(N3CCN(C(=O)c4ccc([N+](=O)[O-])o4)CC3)sc2c1. The van der Waals surface area contributed by atoms with E-state index < -0.39 is 20.6 Å². The molecule has 0 radical (unpaired) electrons. The Balaban J connectivity index is 1.46. The van der Waals surface area contributed by atoms with Gasteiger partial charge in [0.15, 0.2) is 20.7 Å². The zero-order chi connectivity index (χ0) is 20.8. The Morgan fingerprint density at radius 3 is 2.55 bits per heavy atom. The van der Waals surface area contributed by atoms with Crippen LogP contribution in [0, 0.1) is 10.1 Å². The molecular formula is C17H16N4O6S2. The first kappa shape index (κ1) is 19.3. The van der Waals surface area contributed by atoms with Crippen molar-refractivity contribution in [2.24, 2.45) is 0 Å². The summed E-state index contributed by atoms with van der Waals surface area (Å²) in [5.41, 5.74) is 0.721. The molecule has 29 heavy (non-hydrogen) atoms. The third-order valence-electron chi connectivity index (χ3n) is 4.60. The maximum atomic E-state index is 12.5. The number of benzene rings is 1. The lowest BCUT2D eigenvalue weighted by molar-refractivity contribution is -0.402. The van der Waals surface area contributed by atoms with Gasteiger partial charge in [-0.15, -0.1) is 0 Å². The number of aromatic nitrogens is 1. The number of carbonyl (C=O) groups excluding carboxylic acids is 1. The van der Waals surface area contributed by atoms with E-state index in [1.54, 1.807) is 23.1 Å². The summed E-state index contributed by atoms with van der Waals surface area (Å²) in [5.74, 6) is -0.909. The number of hydrogen-bond donors (Lipinski definition) is 0. The maximum absolute atomic E-state index is 12.5. The van der Waals surface area contributed by atoms with Gasteiger partial charge in [-0.05, 0) is 24.3 Å². The predicted molar refractivity (Wildman–Crippen MR) is 106 cm³/mol. The van der Waals surface area contributed by atoms with Crippen LogP contribution >= 0.6 is 11.3 Å². The van der Waals surface area contributed by atoms with Crippen LogP contribution in [-0.2, 0) is 9.84 Å². The van der Waals surface area contributed by atoms with E-state index in [1.165, 1.54) is 23.7 Å². The second-order valence-electron chi connectivity index (χ2n) is 6.57. The van der Waals surface area contributed by atoms with Gasteiger partial charge in [-0.2, -0.15) is 0 Å². The van der Waals surface area contributed by atoms with Gasteiger partial charge in [0.25, 0.3) is 5.91 Å². The molecule has 0 spiro atoms. The molecule has 0 bridgehead atoms. The number of anilines is 1. The number of fused-ring (bicyclic) bond motifs is 1. The fourth-order valence-corrected chi connectivity index (χ4v) is 4.83. The molecule has 3 heterocycles. The van der Waals surface area contributed by atoms with Gasteiger partial charge in [0.1, 0.15) is 4.92 Å². The van der Waals surface area contributed by atoms with Crippen LogP contribution in [0.25, 0.3) is 10.2 Å². The molecule has 12 heteroatoms. The van der Waals surface area contributed by atoms with Gasteiger partial charge in [0.05, 0.1) is 21.2 Å². The average molecular weight is 436 g/mol. The molecule has 2 aromatic heterocycles. The van der Waals surface area contributed by atoms with Gasteiger partial charge in [-0.1, -0.05) is 11.3 Å². The maximum Gasteiger partial charge on any atom is 0.433 e. The van der Waals surface area contributed by atoms with E-state index in [2.05, 4.69) is 4.98 Å². The van der Waals surface area contributed by atoms with Crippen LogP contribution in [0.4, 0.5) is 11.0 Å². The zero-order valence-electron chi connectivity index (χ0n) is 15.3. The lowest BCUT2D eigenvalue weighted by atomic mass is 10.3. The highest BCUT2D eigenvalue weighted by Crippen LogP contribution is 2.31. The van der Waals surface area contributed by atoms with Crippen molar-refractivity contribution in [2.75, 3.05) is 37.3 Å². The van der Waals surface area contributed by atoms with Crippen molar-refractivity contribution in [1.82, 2.24) is 9.88 Å². The number of amides is 1.